The molecule has 1 saturated heterocycles. The van der Waals surface area contributed by atoms with Crippen molar-refractivity contribution >= 4 is 17.4 Å². The summed E-state index contributed by atoms with van der Waals surface area (Å²) in [5.74, 6) is 0. The maximum absolute atomic E-state index is 11.9. The van der Waals surface area contributed by atoms with Crippen LogP contribution in [-0.4, -0.2) is 37.9 Å². The van der Waals surface area contributed by atoms with Gasteiger partial charge in [-0.3, -0.25) is 0 Å². The van der Waals surface area contributed by atoms with Crippen LogP contribution in [0.4, 0.5) is 16.2 Å². The molecule has 5 nitrogen and oxygen atoms in total. The lowest BCUT2D eigenvalue weighted by Crippen LogP contribution is -2.45. The molecular formula is C16H25N3O2. The highest BCUT2D eigenvalue weighted by Gasteiger charge is 2.24. The monoisotopic (exact) mass is 291 g/mol. The van der Waals surface area contributed by atoms with Crippen molar-refractivity contribution in [3.63, 3.8) is 0 Å². The van der Waals surface area contributed by atoms with Gasteiger partial charge < -0.3 is 20.3 Å². The Morgan fingerprint density at radius 2 is 1.95 bits per heavy atom. The summed E-state index contributed by atoms with van der Waals surface area (Å²) < 4.78 is 5.77. The third-order valence-corrected chi connectivity index (χ3v) is 3.45. The molecule has 1 aliphatic heterocycles. The quantitative estimate of drug-likeness (QED) is 0.897. The Morgan fingerprint density at radius 3 is 2.62 bits per heavy atom. The lowest BCUT2D eigenvalue weighted by atomic mass is 10.1. The minimum atomic E-state index is -0.154. The number of ether oxygens (including phenoxy) is 1. The number of rotatable bonds is 4. The summed E-state index contributed by atoms with van der Waals surface area (Å²) in [6, 6.07) is 7.76. The highest BCUT2D eigenvalue weighted by Crippen LogP contribution is 2.28. The fraction of sp³-hybridized carbons (Fsp3) is 0.562. The first-order valence-corrected chi connectivity index (χ1v) is 7.64. The van der Waals surface area contributed by atoms with E-state index in [1.807, 2.05) is 31.2 Å². The van der Waals surface area contributed by atoms with E-state index in [4.69, 9.17) is 4.74 Å². The predicted molar refractivity (Wildman–Crippen MR) is 86.0 cm³/mol. The van der Waals surface area contributed by atoms with Gasteiger partial charge in [-0.05, 0) is 32.4 Å². The minimum Gasteiger partial charge on any atom is -0.372 e. The van der Waals surface area contributed by atoms with Crippen molar-refractivity contribution in [3.8, 4) is 0 Å². The van der Waals surface area contributed by atoms with E-state index in [0.717, 1.165) is 30.9 Å². The standard InChI is InChI=1S/C16H25N3O2/c1-4-9-17-16(20)18-14-7-5-6-8-15(14)19-10-12(2)21-13(3)11-19/h5-8,12-13H,4,9-11H2,1-3H3,(H2,17,18,20). The molecule has 0 spiro atoms. The van der Waals surface area contributed by atoms with Crippen LogP contribution in [0.15, 0.2) is 24.3 Å². The minimum absolute atomic E-state index is 0.154. The molecule has 1 aliphatic rings. The van der Waals surface area contributed by atoms with E-state index in [1.165, 1.54) is 0 Å². The summed E-state index contributed by atoms with van der Waals surface area (Å²) in [7, 11) is 0. The third kappa shape index (κ3) is 4.36. The molecule has 2 N–H and O–H groups in total. The Kier molecular flexibility index (Phi) is 5.44. The van der Waals surface area contributed by atoms with Crippen LogP contribution in [0.3, 0.4) is 0 Å². The van der Waals surface area contributed by atoms with Crippen LogP contribution in [0, 0.1) is 0 Å². The van der Waals surface area contributed by atoms with Gasteiger partial charge in [-0.1, -0.05) is 19.1 Å². The highest BCUT2D eigenvalue weighted by atomic mass is 16.5. The van der Waals surface area contributed by atoms with Gasteiger partial charge in [0.05, 0.1) is 23.6 Å². The van der Waals surface area contributed by atoms with E-state index < -0.39 is 0 Å². The second kappa shape index (κ2) is 7.31. The van der Waals surface area contributed by atoms with Gasteiger partial charge >= 0.3 is 6.03 Å². The highest BCUT2D eigenvalue weighted by molar-refractivity contribution is 5.93. The molecule has 21 heavy (non-hydrogen) atoms. The number of nitrogens with one attached hydrogen (secondary N) is 2. The van der Waals surface area contributed by atoms with Gasteiger partial charge in [0.25, 0.3) is 0 Å². The van der Waals surface area contributed by atoms with Gasteiger partial charge in [0, 0.05) is 19.6 Å². The van der Waals surface area contributed by atoms with Crippen LogP contribution >= 0.6 is 0 Å². The molecule has 2 atom stereocenters. The SMILES string of the molecule is CCCNC(=O)Nc1ccccc1N1CC(C)OC(C)C1. The molecule has 2 rings (SSSR count). The average molecular weight is 291 g/mol. The van der Waals surface area contributed by atoms with E-state index in [0.29, 0.717) is 6.54 Å². The number of hydrogen-bond acceptors (Lipinski definition) is 3. The number of amides is 2. The van der Waals surface area contributed by atoms with Crippen LogP contribution in [0.1, 0.15) is 27.2 Å². The second-order valence-electron chi connectivity index (χ2n) is 5.56. The number of benzene rings is 1. The average Bonchev–Trinajstić information content (AvgIpc) is 2.44. The van der Waals surface area contributed by atoms with Crippen LogP contribution in [0.25, 0.3) is 0 Å². The Bertz CT molecular complexity index is 468. The number of anilines is 2. The number of para-hydroxylation sites is 2. The zero-order chi connectivity index (χ0) is 15.2. The summed E-state index contributed by atoms with van der Waals surface area (Å²) in [6.45, 7) is 8.53. The molecular weight excluding hydrogens is 266 g/mol. The van der Waals surface area contributed by atoms with E-state index in [-0.39, 0.29) is 18.2 Å². The number of carbonyl (C=O) groups is 1. The smallest absolute Gasteiger partial charge is 0.319 e. The van der Waals surface area contributed by atoms with E-state index in [2.05, 4.69) is 29.4 Å². The topological polar surface area (TPSA) is 53.6 Å². The zero-order valence-corrected chi connectivity index (χ0v) is 13.1. The summed E-state index contributed by atoms with van der Waals surface area (Å²) >= 11 is 0. The fourth-order valence-electron chi connectivity index (χ4n) is 2.63. The summed E-state index contributed by atoms with van der Waals surface area (Å²) in [4.78, 5) is 14.1. The van der Waals surface area contributed by atoms with Crippen molar-refractivity contribution < 1.29 is 9.53 Å². The van der Waals surface area contributed by atoms with Gasteiger partial charge in [0.1, 0.15) is 0 Å². The van der Waals surface area contributed by atoms with Gasteiger partial charge in [0.15, 0.2) is 0 Å². The number of urea groups is 1. The number of morpholine rings is 1. The molecule has 1 aromatic carbocycles. The maximum atomic E-state index is 11.9. The number of nitrogens with zero attached hydrogens (tertiary/aromatic N) is 1. The van der Waals surface area contributed by atoms with Crippen molar-refractivity contribution in [1.82, 2.24) is 5.32 Å². The first-order valence-electron chi connectivity index (χ1n) is 7.64. The van der Waals surface area contributed by atoms with Crippen molar-refractivity contribution in [2.45, 2.75) is 39.4 Å². The lowest BCUT2D eigenvalue weighted by molar-refractivity contribution is -0.00517. The van der Waals surface area contributed by atoms with Crippen molar-refractivity contribution in [2.75, 3.05) is 29.9 Å². The Labute approximate surface area is 126 Å². The maximum Gasteiger partial charge on any atom is 0.319 e. The molecule has 116 valence electrons. The van der Waals surface area contributed by atoms with Crippen molar-refractivity contribution in [1.29, 1.82) is 0 Å². The van der Waals surface area contributed by atoms with Crippen molar-refractivity contribution in [3.05, 3.63) is 24.3 Å². The fourth-order valence-corrected chi connectivity index (χ4v) is 2.63. The summed E-state index contributed by atoms with van der Waals surface area (Å²) in [5, 5.41) is 5.78. The van der Waals surface area contributed by atoms with Crippen molar-refractivity contribution in [2.24, 2.45) is 0 Å². The molecule has 5 heteroatoms. The first kappa shape index (κ1) is 15.6. The van der Waals surface area contributed by atoms with Crippen LogP contribution in [0.2, 0.25) is 0 Å². The summed E-state index contributed by atoms with van der Waals surface area (Å²) in [6.07, 6.45) is 1.31. The normalized spacial score (nSPS) is 22.0. The van der Waals surface area contributed by atoms with Crippen LogP contribution < -0.4 is 15.5 Å². The van der Waals surface area contributed by atoms with E-state index >= 15 is 0 Å². The zero-order valence-electron chi connectivity index (χ0n) is 13.1. The van der Waals surface area contributed by atoms with E-state index in [9.17, 15) is 4.79 Å². The molecule has 0 radical (unpaired) electrons. The van der Waals surface area contributed by atoms with Gasteiger partial charge in [-0.15, -0.1) is 0 Å². The molecule has 1 heterocycles. The van der Waals surface area contributed by atoms with Gasteiger partial charge in [-0.2, -0.15) is 0 Å². The Hall–Kier alpha value is -1.75. The molecule has 2 amide bonds. The van der Waals surface area contributed by atoms with E-state index in [1.54, 1.807) is 0 Å². The largest absolute Gasteiger partial charge is 0.372 e. The van der Waals surface area contributed by atoms with Gasteiger partial charge in [-0.25, -0.2) is 4.79 Å². The lowest BCUT2D eigenvalue weighted by Gasteiger charge is -2.37. The predicted octanol–water partition coefficient (Wildman–Crippen LogP) is 2.83. The molecule has 0 saturated carbocycles. The van der Waals surface area contributed by atoms with Crippen LogP contribution in [0.5, 0.6) is 0 Å². The Morgan fingerprint density at radius 1 is 1.29 bits per heavy atom. The molecule has 1 aromatic rings. The second-order valence-corrected chi connectivity index (χ2v) is 5.56. The third-order valence-electron chi connectivity index (χ3n) is 3.45. The number of carbonyl (C=O) groups excluding carboxylic acids is 1. The molecule has 0 aliphatic carbocycles. The number of hydrogen-bond donors (Lipinski definition) is 2. The van der Waals surface area contributed by atoms with Crippen LogP contribution in [-0.2, 0) is 4.74 Å². The molecule has 0 bridgehead atoms. The molecule has 2 unspecified atom stereocenters. The molecule has 1 fully saturated rings. The molecule has 0 aromatic heterocycles. The summed E-state index contributed by atoms with van der Waals surface area (Å²) in [5.41, 5.74) is 1.89. The van der Waals surface area contributed by atoms with Gasteiger partial charge in [0.2, 0.25) is 0 Å². The first-order chi connectivity index (χ1) is 10.1. The Balaban J connectivity index is 2.11.